The van der Waals surface area contributed by atoms with Gasteiger partial charge >= 0.3 is 6.18 Å². The van der Waals surface area contributed by atoms with Gasteiger partial charge in [0.25, 0.3) is 11.8 Å². The molecule has 2 aromatic carbocycles. The van der Waals surface area contributed by atoms with Gasteiger partial charge in [-0.05, 0) is 56.9 Å². The standard InChI is InChI=1S/C28H25F4N7O2/c1-16-24(25(28(30,31)32)37-39(16)15-18-6-4-17(14-33)5-7-18)36-26(40)21-13-23(27(41)34-10-11-38(2)3)35-22-12-19(29)8-9-20(21)22/h4-9,12-13H,10-11,15H2,1-3H3,(H,34,41)(H,36,40). The van der Waals surface area contributed by atoms with Gasteiger partial charge in [-0.25, -0.2) is 9.37 Å². The van der Waals surface area contributed by atoms with Crippen LogP contribution in [0, 0.1) is 24.1 Å². The molecule has 2 amide bonds. The van der Waals surface area contributed by atoms with Crippen LogP contribution in [0.5, 0.6) is 0 Å². The van der Waals surface area contributed by atoms with Crippen molar-refractivity contribution < 1.29 is 27.2 Å². The van der Waals surface area contributed by atoms with Crippen molar-refractivity contribution in [2.75, 3.05) is 32.5 Å². The number of nitrogens with zero attached hydrogens (tertiary/aromatic N) is 5. The number of carbonyl (C=O) groups is 2. The average molecular weight is 568 g/mol. The number of fused-ring (bicyclic) bond motifs is 1. The first-order valence-electron chi connectivity index (χ1n) is 12.4. The lowest BCUT2D eigenvalue weighted by Crippen LogP contribution is -2.32. The van der Waals surface area contributed by atoms with E-state index >= 15 is 0 Å². The van der Waals surface area contributed by atoms with Crippen molar-refractivity contribution in [3.8, 4) is 6.07 Å². The second-order valence-electron chi connectivity index (χ2n) is 9.50. The second-order valence-corrected chi connectivity index (χ2v) is 9.50. The molecule has 0 fully saturated rings. The van der Waals surface area contributed by atoms with Gasteiger partial charge < -0.3 is 15.5 Å². The Hall–Kier alpha value is -4.83. The number of hydrogen-bond acceptors (Lipinski definition) is 6. The van der Waals surface area contributed by atoms with Crippen molar-refractivity contribution in [1.82, 2.24) is 25.0 Å². The van der Waals surface area contributed by atoms with Crippen LogP contribution in [0.2, 0.25) is 0 Å². The molecule has 13 heteroatoms. The zero-order valence-corrected chi connectivity index (χ0v) is 22.3. The minimum absolute atomic E-state index is 0.0142. The highest BCUT2D eigenvalue weighted by Gasteiger charge is 2.39. The van der Waals surface area contributed by atoms with Crippen molar-refractivity contribution in [2.45, 2.75) is 19.6 Å². The summed E-state index contributed by atoms with van der Waals surface area (Å²) in [6, 6.07) is 12.8. The topological polar surface area (TPSA) is 116 Å². The normalized spacial score (nSPS) is 11.5. The predicted molar refractivity (Wildman–Crippen MR) is 143 cm³/mol. The highest BCUT2D eigenvalue weighted by Crippen LogP contribution is 2.36. The molecule has 0 unspecified atom stereocenters. The first-order valence-corrected chi connectivity index (χ1v) is 12.4. The number of benzene rings is 2. The number of alkyl halides is 3. The number of hydrogen-bond donors (Lipinski definition) is 2. The van der Waals surface area contributed by atoms with Gasteiger partial charge in [-0.1, -0.05) is 12.1 Å². The van der Waals surface area contributed by atoms with E-state index in [9.17, 15) is 27.2 Å². The molecule has 4 rings (SSSR count). The fourth-order valence-corrected chi connectivity index (χ4v) is 4.08. The van der Waals surface area contributed by atoms with E-state index in [1.807, 2.05) is 25.1 Å². The highest BCUT2D eigenvalue weighted by atomic mass is 19.4. The third-order valence-electron chi connectivity index (χ3n) is 6.22. The Kier molecular flexibility index (Phi) is 8.34. The molecule has 2 aromatic heterocycles. The number of rotatable bonds is 8. The van der Waals surface area contributed by atoms with Gasteiger partial charge in [-0.3, -0.25) is 14.3 Å². The minimum atomic E-state index is -4.90. The maximum atomic E-state index is 14.0. The smallest absolute Gasteiger partial charge is 0.349 e. The van der Waals surface area contributed by atoms with Gasteiger partial charge in [0.05, 0.1) is 40.6 Å². The number of nitrogens with one attached hydrogen (secondary N) is 2. The van der Waals surface area contributed by atoms with E-state index in [1.54, 1.807) is 12.1 Å². The van der Waals surface area contributed by atoms with E-state index in [-0.39, 0.29) is 40.9 Å². The minimum Gasteiger partial charge on any atom is -0.349 e. The van der Waals surface area contributed by atoms with Crippen molar-refractivity contribution in [1.29, 1.82) is 5.26 Å². The van der Waals surface area contributed by atoms with Crippen molar-refractivity contribution >= 4 is 28.4 Å². The first kappa shape index (κ1) is 29.2. The van der Waals surface area contributed by atoms with Crippen LogP contribution >= 0.6 is 0 Å². The van der Waals surface area contributed by atoms with Crippen LogP contribution < -0.4 is 10.6 Å². The van der Waals surface area contributed by atoms with Gasteiger partial charge in [0.2, 0.25) is 0 Å². The molecule has 212 valence electrons. The summed E-state index contributed by atoms with van der Waals surface area (Å²) in [5.74, 6) is -2.26. The lowest BCUT2D eigenvalue weighted by atomic mass is 10.1. The fraction of sp³-hybridized carbons (Fsp3) is 0.250. The van der Waals surface area contributed by atoms with Gasteiger partial charge in [0, 0.05) is 24.5 Å². The highest BCUT2D eigenvalue weighted by molar-refractivity contribution is 6.14. The Bertz CT molecular complexity index is 1660. The van der Waals surface area contributed by atoms with Crippen LogP contribution in [0.15, 0.2) is 48.5 Å². The number of nitriles is 1. The van der Waals surface area contributed by atoms with E-state index in [4.69, 9.17) is 5.26 Å². The predicted octanol–water partition coefficient (Wildman–Crippen LogP) is 4.36. The van der Waals surface area contributed by atoms with Crippen LogP contribution in [0.25, 0.3) is 10.9 Å². The zero-order valence-electron chi connectivity index (χ0n) is 22.3. The van der Waals surface area contributed by atoms with E-state index in [0.717, 1.165) is 22.9 Å². The molecule has 0 saturated heterocycles. The molecule has 0 aliphatic rings. The van der Waals surface area contributed by atoms with Crippen LogP contribution in [0.1, 0.15) is 43.4 Å². The van der Waals surface area contributed by atoms with Gasteiger partial charge in [-0.2, -0.15) is 23.5 Å². The van der Waals surface area contributed by atoms with Crippen molar-refractivity contribution in [3.63, 3.8) is 0 Å². The number of anilines is 1. The molecule has 0 bridgehead atoms. The molecule has 41 heavy (non-hydrogen) atoms. The Morgan fingerprint density at radius 3 is 2.41 bits per heavy atom. The molecule has 9 nitrogen and oxygen atoms in total. The third-order valence-corrected chi connectivity index (χ3v) is 6.22. The Labute approximate surface area is 232 Å². The molecular weight excluding hydrogens is 542 g/mol. The Morgan fingerprint density at radius 2 is 1.78 bits per heavy atom. The zero-order chi connectivity index (χ0) is 29.9. The summed E-state index contributed by atoms with van der Waals surface area (Å²) in [5.41, 5.74) is -1.22. The number of halogens is 4. The summed E-state index contributed by atoms with van der Waals surface area (Å²) < 4.78 is 57.1. The number of aromatic nitrogens is 3. The van der Waals surface area contributed by atoms with Crippen LogP contribution in [0.3, 0.4) is 0 Å². The number of amides is 2. The Balaban J connectivity index is 1.71. The quantitative estimate of drug-likeness (QED) is 0.306. The summed E-state index contributed by atoms with van der Waals surface area (Å²) in [4.78, 5) is 32.2. The molecule has 2 heterocycles. The summed E-state index contributed by atoms with van der Waals surface area (Å²) >= 11 is 0. The molecular formula is C28H25F4N7O2. The lowest BCUT2D eigenvalue weighted by molar-refractivity contribution is -0.140. The van der Waals surface area contributed by atoms with Crippen LogP contribution in [-0.2, 0) is 12.7 Å². The van der Waals surface area contributed by atoms with E-state index < -0.39 is 35.2 Å². The second kappa shape index (κ2) is 11.7. The summed E-state index contributed by atoms with van der Waals surface area (Å²) in [5, 5.41) is 17.8. The summed E-state index contributed by atoms with van der Waals surface area (Å²) in [6.07, 6.45) is -4.90. The first-order chi connectivity index (χ1) is 19.4. The summed E-state index contributed by atoms with van der Waals surface area (Å²) in [7, 11) is 3.63. The molecule has 2 N–H and O–H groups in total. The maximum absolute atomic E-state index is 14.0. The fourth-order valence-electron chi connectivity index (χ4n) is 4.08. The summed E-state index contributed by atoms with van der Waals surface area (Å²) in [6.45, 7) is 2.12. The SMILES string of the molecule is Cc1c(NC(=O)c2cc(C(=O)NCCN(C)C)nc3cc(F)ccc23)c(C(F)(F)F)nn1Cc1ccc(C#N)cc1. The Morgan fingerprint density at radius 1 is 1.07 bits per heavy atom. The van der Waals surface area contributed by atoms with Gasteiger partial charge in [0.1, 0.15) is 11.5 Å². The van der Waals surface area contributed by atoms with E-state index in [1.165, 1.54) is 25.1 Å². The van der Waals surface area contributed by atoms with Gasteiger partial charge in [0.15, 0.2) is 5.69 Å². The van der Waals surface area contributed by atoms with Gasteiger partial charge in [-0.15, -0.1) is 0 Å². The number of carbonyl (C=O) groups excluding carboxylic acids is 2. The maximum Gasteiger partial charge on any atom is 0.437 e. The molecule has 0 radical (unpaired) electrons. The lowest BCUT2D eigenvalue weighted by Gasteiger charge is -2.13. The molecule has 0 spiro atoms. The average Bonchev–Trinajstić information content (AvgIpc) is 3.22. The monoisotopic (exact) mass is 567 g/mol. The van der Waals surface area contributed by atoms with Crippen LogP contribution in [0.4, 0.5) is 23.2 Å². The van der Waals surface area contributed by atoms with E-state index in [0.29, 0.717) is 17.7 Å². The molecule has 0 aliphatic carbocycles. The van der Waals surface area contributed by atoms with E-state index in [2.05, 4.69) is 20.7 Å². The molecule has 0 saturated carbocycles. The number of pyridine rings is 1. The molecule has 0 aliphatic heterocycles. The van der Waals surface area contributed by atoms with Crippen LogP contribution in [-0.4, -0.2) is 58.7 Å². The third kappa shape index (κ3) is 6.67. The number of likely N-dealkylation sites (N-methyl/N-ethyl adjacent to an activating group) is 1. The van der Waals surface area contributed by atoms with Crippen molar-refractivity contribution in [3.05, 3.63) is 88.1 Å². The largest absolute Gasteiger partial charge is 0.437 e. The molecule has 4 aromatic rings. The van der Waals surface area contributed by atoms with Crippen molar-refractivity contribution in [2.24, 2.45) is 0 Å². The molecule has 0 atom stereocenters.